The van der Waals surface area contributed by atoms with Crippen molar-refractivity contribution < 1.29 is 8.83 Å². The minimum atomic E-state index is 0.580. The van der Waals surface area contributed by atoms with E-state index in [4.69, 9.17) is 8.83 Å². The molecule has 6 nitrogen and oxygen atoms in total. The van der Waals surface area contributed by atoms with Gasteiger partial charge in [-0.25, -0.2) is 4.98 Å². The van der Waals surface area contributed by atoms with Crippen LogP contribution in [0.4, 0.5) is 0 Å². The second-order valence-electron chi connectivity index (χ2n) is 5.12. The quantitative estimate of drug-likeness (QED) is 0.512. The van der Waals surface area contributed by atoms with E-state index in [0.29, 0.717) is 23.2 Å². The van der Waals surface area contributed by atoms with Crippen LogP contribution >= 0.6 is 11.8 Å². The Kier molecular flexibility index (Phi) is 3.92. The van der Waals surface area contributed by atoms with E-state index < -0.39 is 0 Å². The highest BCUT2D eigenvalue weighted by Crippen LogP contribution is 2.27. The van der Waals surface area contributed by atoms with Gasteiger partial charge in [0.25, 0.3) is 0 Å². The van der Waals surface area contributed by atoms with Crippen LogP contribution in [0.5, 0.6) is 0 Å². The third-order valence-corrected chi connectivity index (χ3v) is 4.52. The lowest BCUT2D eigenvalue weighted by atomic mass is 10.2. The van der Waals surface area contributed by atoms with Gasteiger partial charge in [-0.15, -0.1) is 10.2 Å². The topological polar surface area (TPSA) is 69.9 Å². The van der Waals surface area contributed by atoms with Crippen LogP contribution in [-0.2, 0) is 12.8 Å². The molecule has 1 aromatic carbocycles. The van der Waals surface area contributed by atoms with Gasteiger partial charge in [-0.05, 0) is 12.1 Å². The number of rotatable bonds is 5. The number of hydrogen-bond acceptors (Lipinski definition) is 6. The molecule has 0 fully saturated rings. The summed E-state index contributed by atoms with van der Waals surface area (Å²) in [5, 5.41) is 9.15. The average molecular weight is 338 g/mol. The summed E-state index contributed by atoms with van der Waals surface area (Å²) in [7, 11) is 1.91. The van der Waals surface area contributed by atoms with Gasteiger partial charge in [0.05, 0.1) is 18.2 Å². The van der Waals surface area contributed by atoms with Gasteiger partial charge >= 0.3 is 0 Å². The van der Waals surface area contributed by atoms with Crippen molar-refractivity contribution in [2.75, 3.05) is 0 Å². The number of furan rings is 1. The van der Waals surface area contributed by atoms with Crippen molar-refractivity contribution in [3.8, 4) is 22.9 Å². The molecule has 0 bridgehead atoms. The molecule has 4 aromatic rings. The first-order chi connectivity index (χ1) is 11.8. The van der Waals surface area contributed by atoms with E-state index >= 15 is 0 Å². The van der Waals surface area contributed by atoms with Gasteiger partial charge in [0, 0.05) is 12.6 Å². The summed E-state index contributed by atoms with van der Waals surface area (Å²) in [6, 6.07) is 13.6. The molecule has 4 rings (SSSR count). The summed E-state index contributed by atoms with van der Waals surface area (Å²) in [6.45, 7) is 0. The smallest absolute Gasteiger partial charge is 0.205 e. The molecule has 3 aromatic heterocycles. The maximum Gasteiger partial charge on any atom is 0.205 e. The third kappa shape index (κ3) is 2.85. The lowest BCUT2D eigenvalue weighted by Crippen LogP contribution is -1.94. The minimum absolute atomic E-state index is 0.580. The standard InChI is InChI=1S/C17H14N4O2S/c1-21-16(13-8-5-9-22-13)19-20-17(21)24-11-15-18-10-14(23-15)12-6-3-2-4-7-12/h2-10H,11H2,1H3. The molecule has 0 atom stereocenters. The zero-order valence-electron chi connectivity index (χ0n) is 12.9. The fourth-order valence-electron chi connectivity index (χ4n) is 2.30. The zero-order chi connectivity index (χ0) is 16.4. The molecule has 3 heterocycles. The van der Waals surface area contributed by atoms with Gasteiger partial charge in [-0.2, -0.15) is 0 Å². The number of aromatic nitrogens is 4. The van der Waals surface area contributed by atoms with E-state index in [9.17, 15) is 0 Å². The molecule has 0 amide bonds. The molecule has 0 N–H and O–H groups in total. The molecule has 24 heavy (non-hydrogen) atoms. The van der Waals surface area contributed by atoms with Crippen molar-refractivity contribution in [1.82, 2.24) is 19.7 Å². The maximum atomic E-state index is 5.80. The van der Waals surface area contributed by atoms with Crippen LogP contribution in [0.3, 0.4) is 0 Å². The molecular weight excluding hydrogens is 324 g/mol. The average Bonchev–Trinajstić information content (AvgIpc) is 3.35. The Balaban J connectivity index is 1.47. The summed E-state index contributed by atoms with van der Waals surface area (Å²) in [5.41, 5.74) is 1.01. The van der Waals surface area contributed by atoms with Gasteiger partial charge in [-0.1, -0.05) is 42.1 Å². The van der Waals surface area contributed by atoms with Gasteiger partial charge in [0.15, 0.2) is 22.5 Å². The Hall–Kier alpha value is -2.80. The van der Waals surface area contributed by atoms with Gasteiger partial charge in [-0.3, -0.25) is 0 Å². The van der Waals surface area contributed by atoms with Crippen LogP contribution in [0.2, 0.25) is 0 Å². The largest absolute Gasteiger partial charge is 0.461 e. The molecule has 0 saturated heterocycles. The van der Waals surface area contributed by atoms with Crippen molar-refractivity contribution in [2.45, 2.75) is 10.9 Å². The van der Waals surface area contributed by atoms with Crippen molar-refractivity contribution in [2.24, 2.45) is 7.05 Å². The highest BCUT2D eigenvalue weighted by atomic mass is 32.2. The Bertz CT molecular complexity index is 929. The van der Waals surface area contributed by atoms with E-state index in [2.05, 4.69) is 15.2 Å². The highest BCUT2D eigenvalue weighted by Gasteiger charge is 2.14. The van der Waals surface area contributed by atoms with Gasteiger partial charge < -0.3 is 13.4 Å². The summed E-state index contributed by atoms with van der Waals surface area (Å²) in [6.07, 6.45) is 3.37. The molecule has 0 saturated carbocycles. The van der Waals surface area contributed by atoms with E-state index in [1.807, 2.05) is 54.1 Å². The van der Waals surface area contributed by atoms with Crippen molar-refractivity contribution in [3.63, 3.8) is 0 Å². The van der Waals surface area contributed by atoms with Crippen LogP contribution in [0.1, 0.15) is 5.89 Å². The number of thioether (sulfide) groups is 1. The highest BCUT2D eigenvalue weighted by molar-refractivity contribution is 7.98. The van der Waals surface area contributed by atoms with Crippen LogP contribution < -0.4 is 0 Å². The molecule has 0 aliphatic heterocycles. The lowest BCUT2D eigenvalue weighted by molar-refractivity contribution is 0.529. The van der Waals surface area contributed by atoms with E-state index in [1.54, 1.807) is 12.5 Å². The van der Waals surface area contributed by atoms with Gasteiger partial charge in [0.1, 0.15) is 0 Å². The Morgan fingerprint density at radius 1 is 1.04 bits per heavy atom. The molecule has 0 unspecified atom stereocenters. The molecule has 120 valence electrons. The number of oxazole rings is 1. The van der Waals surface area contributed by atoms with Crippen LogP contribution in [0.15, 0.2) is 68.9 Å². The molecule has 0 radical (unpaired) electrons. The molecule has 0 aliphatic carbocycles. The summed E-state index contributed by atoms with van der Waals surface area (Å²) < 4.78 is 13.1. The van der Waals surface area contributed by atoms with Crippen molar-refractivity contribution in [1.29, 1.82) is 0 Å². The zero-order valence-corrected chi connectivity index (χ0v) is 13.7. The van der Waals surface area contributed by atoms with Crippen molar-refractivity contribution in [3.05, 3.63) is 60.8 Å². The van der Waals surface area contributed by atoms with E-state index in [1.165, 1.54) is 11.8 Å². The maximum absolute atomic E-state index is 5.80. The van der Waals surface area contributed by atoms with Crippen LogP contribution in [0.25, 0.3) is 22.9 Å². The normalized spacial score (nSPS) is 11.0. The molecule has 0 aliphatic rings. The third-order valence-electron chi connectivity index (χ3n) is 3.51. The summed E-state index contributed by atoms with van der Waals surface area (Å²) >= 11 is 1.52. The summed E-state index contributed by atoms with van der Waals surface area (Å²) in [5.74, 6) is 3.39. The minimum Gasteiger partial charge on any atom is -0.461 e. The predicted molar refractivity (Wildman–Crippen MR) is 90.2 cm³/mol. The van der Waals surface area contributed by atoms with E-state index in [-0.39, 0.29) is 0 Å². The fraction of sp³-hybridized carbons (Fsp3) is 0.118. The predicted octanol–water partition coefficient (Wildman–Crippen LogP) is 4.02. The first-order valence-electron chi connectivity index (χ1n) is 7.37. The Morgan fingerprint density at radius 2 is 1.92 bits per heavy atom. The molecular formula is C17H14N4O2S. The second kappa shape index (κ2) is 6.37. The van der Waals surface area contributed by atoms with Crippen molar-refractivity contribution >= 4 is 11.8 Å². The Labute approximate surface area is 142 Å². The first kappa shape index (κ1) is 14.8. The first-order valence-corrected chi connectivity index (χ1v) is 8.36. The fourth-order valence-corrected chi connectivity index (χ4v) is 3.06. The Morgan fingerprint density at radius 3 is 2.71 bits per heavy atom. The molecule has 7 heteroatoms. The van der Waals surface area contributed by atoms with E-state index in [0.717, 1.165) is 16.5 Å². The van der Waals surface area contributed by atoms with Crippen LogP contribution in [0, 0.1) is 0 Å². The monoisotopic (exact) mass is 338 g/mol. The van der Waals surface area contributed by atoms with Crippen LogP contribution in [-0.4, -0.2) is 19.7 Å². The summed E-state index contributed by atoms with van der Waals surface area (Å²) in [4.78, 5) is 4.33. The second-order valence-corrected chi connectivity index (χ2v) is 6.06. The number of benzene rings is 1. The SMILES string of the molecule is Cn1c(SCc2ncc(-c3ccccc3)o2)nnc1-c1ccco1. The number of hydrogen-bond donors (Lipinski definition) is 0. The molecule has 0 spiro atoms. The lowest BCUT2D eigenvalue weighted by Gasteiger charge is -2.00. The van der Waals surface area contributed by atoms with Gasteiger partial charge in [0.2, 0.25) is 5.89 Å². The number of nitrogens with zero attached hydrogens (tertiary/aromatic N) is 4.